The highest BCUT2D eigenvalue weighted by Crippen LogP contribution is 2.20. The van der Waals surface area contributed by atoms with Crippen LogP contribution in [0.25, 0.3) is 11.4 Å². The standard InChI is InChI=1S/C26H26BrN5O3S2/c27-22-11-13-23(14-12-22)37(34,35)32(17-15-20-7-3-1-4-8-20)19-24(33)28-16-18-36-26-29-25(30-31-26)21-9-5-2-6-10-21/h1-14H,15-19H2,(H,28,33)(H,29,30,31). The number of amides is 1. The van der Waals surface area contributed by atoms with Gasteiger partial charge in [-0.1, -0.05) is 88.4 Å². The molecule has 8 nitrogen and oxygen atoms in total. The van der Waals surface area contributed by atoms with Gasteiger partial charge in [-0.05, 0) is 36.2 Å². The molecule has 1 heterocycles. The summed E-state index contributed by atoms with van der Waals surface area (Å²) in [7, 11) is -3.86. The van der Waals surface area contributed by atoms with Gasteiger partial charge in [0.1, 0.15) is 0 Å². The first-order chi connectivity index (χ1) is 17.9. The lowest BCUT2D eigenvalue weighted by Crippen LogP contribution is -2.42. The molecule has 0 bridgehead atoms. The summed E-state index contributed by atoms with van der Waals surface area (Å²) in [6.07, 6.45) is 0.494. The molecule has 0 aliphatic rings. The number of nitrogens with one attached hydrogen (secondary N) is 2. The summed E-state index contributed by atoms with van der Waals surface area (Å²) in [5.41, 5.74) is 1.94. The third kappa shape index (κ3) is 7.75. The van der Waals surface area contributed by atoms with Crippen LogP contribution >= 0.6 is 27.7 Å². The zero-order valence-corrected chi connectivity index (χ0v) is 23.1. The van der Waals surface area contributed by atoms with E-state index in [0.717, 1.165) is 15.6 Å². The van der Waals surface area contributed by atoms with Gasteiger partial charge < -0.3 is 5.32 Å². The van der Waals surface area contributed by atoms with Crippen molar-refractivity contribution in [2.75, 3.05) is 25.4 Å². The van der Waals surface area contributed by atoms with Crippen LogP contribution < -0.4 is 5.32 Å². The van der Waals surface area contributed by atoms with Gasteiger partial charge in [-0.3, -0.25) is 9.89 Å². The van der Waals surface area contributed by atoms with Crippen molar-refractivity contribution in [3.05, 3.63) is 95.0 Å². The highest BCUT2D eigenvalue weighted by Gasteiger charge is 2.26. The molecule has 0 saturated carbocycles. The van der Waals surface area contributed by atoms with E-state index in [4.69, 9.17) is 0 Å². The molecular weight excluding hydrogens is 574 g/mol. The molecule has 1 amide bonds. The van der Waals surface area contributed by atoms with Crippen LogP contribution in [0.1, 0.15) is 5.56 Å². The Labute approximate surface area is 229 Å². The van der Waals surface area contributed by atoms with Gasteiger partial charge in [-0.2, -0.15) is 4.31 Å². The molecular formula is C26H26BrN5O3S2. The zero-order chi connectivity index (χ0) is 26.1. The molecule has 0 atom stereocenters. The van der Waals surface area contributed by atoms with Gasteiger partial charge in [0.05, 0.1) is 11.4 Å². The first kappa shape index (κ1) is 27.1. The number of benzene rings is 3. The lowest BCUT2D eigenvalue weighted by atomic mass is 10.1. The van der Waals surface area contributed by atoms with Crippen molar-refractivity contribution in [2.24, 2.45) is 0 Å². The maximum atomic E-state index is 13.3. The second-order valence-corrected chi connectivity index (χ2v) is 12.0. The number of thioether (sulfide) groups is 1. The number of carbonyl (C=O) groups excluding carboxylic acids is 1. The number of sulfonamides is 1. The maximum Gasteiger partial charge on any atom is 0.243 e. The molecule has 11 heteroatoms. The van der Waals surface area contributed by atoms with E-state index in [0.29, 0.717) is 29.7 Å². The number of H-pyrrole nitrogens is 1. The Hall–Kier alpha value is -2.99. The van der Waals surface area contributed by atoms with E-state index in [-0.39, 0.29) is 23.9 Å². The highest BCUT2D eigenvalue weighted by atomic mass is 79.9. The van der Waals surface area contributed by atoms with E-state index in [1.54, 1.807) is 12.1 Å². The third-order valence-electron chi connectivity index (χ3n) is 5.43. The number of hydrogen-bond acceptors (Lipinski definition) is 6. The Morgan fingerprint density at radius 1 is 0.973 bits per heavy atom. The van der Waals surface area contributed by atoms with Crippen LogP contribution in [-0.4, -0.2) is 59.2 Å². The molecule has 2 N–H and O–H groups in total. The normalized spacial score (nSPS) is 11.5. The van der Waals surface area contributed by atoms with Gasteiger partial charge in [0.2, 0.25) is 21.1 Å². The van der Waals surface area contributed by atoms with Crippen LogP contribution in [0.4, 0.5) is 0 Å². The zero-order valence-electron chi connectivity index (χ0n) is 19.9. The van der Waals surface area contributed by atoms with Crippen LogP contribution in [0.2, 0.25) is 0 Å². The lowest BCUT2D eigenvalue weighted by Gasteiger charge is -2.22. The van der Waals surface area contributed by atoms with Gasteiger partial charge in [-0.25, -0.2) is 13.4 Å². The van der Waals surface area contributed by atoms with Gasteiger partial charge in [0.15, 0.2) is 5.82 Å². The molecule has 0 radical (unpaired) electrons. The highest BCUT2D eigenvalue weighted by molar-refractivity contribution is 9.10. The maximum absolute atomic E-state index is 13.3. The molecule has 0 unspecified atom stereocenters. The average Bonchev–Trinajstić information content (AvgIpc) is 3.39. The summed E-state index contributed by atoms with van der Waals surface area (Å²) in [4.78, 5) is 17.3. The van der Waals surface area contributed by atoms with Gasteiger partial charge in [0, 0.05) is 28.9 Å². The number of rotatable bonds is 12. The number of hydrogen-bond donors (Lipinski definition) is 2. The first-order valence-electron chi connectivity index (χ1n) is 11.6. The fourth-order valence-corrected chi connectivity index (χ4v) is 5.84. The van der Waals surface area contributed by atoms with Crippen LogP contribution in [0.5, 0.6) is 0 Å². The molecule has 3 aromatic carbocycles. The molecule has 37 heavy (non-hydrogen) atoms. The number of halogens is 1. The number of aromatic nitrogens is 3. The molecule has 4 rings (SSSR count). The van der Waals surface area contributed by atoms with Crippen LogP contribution in [-0.2, 0) is 21.2 Å². The first-order valence-corrected chi connectivity index (χ1v) is 14.8. The molecule has 0 spiro atoms. The fraction of sp³-hybridized carbons (Fsp3) is 0.192. The Balaban J connectivity index is 1.33. The van der Waals surface area contributed by atoms with E-state index in [9.17, 15) is 13.2 Å². The molecule has 1 aromatic heterocycles. The van der Waals surface area contributed by atoms with E-state index in [1.165, 1.54) is 28.2 Å². The quantitative estimate of drug-likeness (QED) is 0.185. The van der Waals surface area contributed by atoms with Crippen molar-refractivity contribution in [3.8, 4) is 11.4 Å². The third-order valence-corrected chi connectivity index (χ3v) is 8.67. The summed E-state index contributed by atoms with van der Waals surface area (Å²) in [6, 6.07) is 25.7. The van der Waals surface area contributed by atoms with Gasteiger partial charge in [0.25, 0.3) is 0 Å². The smallest absolute Gasteiger partial charge is 0.243 e. The van der Waals surface area contributed by atoms with E-state index >= 15 is 0 Å². The summed E-state index contributed by atoms with van der Waals surface area (Å²) in [6.45, 7) is 0.266. The van der Waals surface area contributed by atoms with Crippen molar-refractivity contribution in [1.29, 1.82) is 0 Å². The number of carbonyl (C=O) groups is 1. The van der Waals surface area contributed by atoms with Crippen molar-refractivity contribution >= 4 is 43.6 Å². The fourth-order valence-electron chi connectivity index (χ4n) is 3.52. The Morgan fingerprint density at radius 2 is 1.65 bits per heavy atom. The second kappa shape index (κ2) is 13.0. The minimum absolute atomic E-state index is 0.144. The van der Waals surface area contributed by atoms with Crippen molar-refractivity contribution in [2.45, 2.75) is 16.5 Å². The van der Waals surface area contributed by atoms with Crippen molar-refractivity contribution in [3.63, 3.8) is 0 Å². The van der Waals surface area contributed by atoms with Gasteiger partial charge in [-0.15, -0.1) is 5.10 Å². The van der Waals surface area contributed by atoms with E-state index in [1.807, 2.05) is 60.7 Å². The Bertz CT molecular complexity index is 1400. The Morgan fingerprint density at radius 3 is 2.35 bits per heavy atom. The molecule has 0 saturated heterocycles. The largest absolute Gasteiger partial charge is 0.354 e. The minimum atomic E-state index is -3.86. The monoisotopic (exact) mass is 599 g/mol. The SMILES string of the molecule is O=C(CN(CCc1ccccc1)S(=O)(=O)c1ccc(Br)cc1)NCCSc1n[nH]c(-c2ccccc2)n1. The number of aromatic amines is 1. The molecule has 4 aromatic rings. The number of nitrogens with zero attached hydrogens (tertiary/aromatic N) is 3. The molecule has 0 aliphatic carbocycles. The van der Waals surface area contributed by atoms with Crippen LogP contribution in [0, 0.1) is 0 Å². The van der Waals surface area contributed by atoms with E-state index < -0.39 is 10.0 Å². The predicted octanol–water partition coefficient (Wildman–Crippen LogP) is 4.38. The molecule has 192 valence electrons. The molecule has 0 fully saturated rings. The minimum Gasteiger partial charge on any atom is -0.354 e. The summed E-state index contributed by atoms with van der Waals surface area (Å²) in [5, 5.41) is 10.5. The van der Waals surface area contributed by atoms with Crippen LogP contribution in [0.3, 0.4) is 0 Å². The predicted molar refractivity (Wildman–Crippen MR) is 149 cm³/mol. The average molecular weight is 601 g/mol. The van der Waals surface area contributed by atoms with Crippen molar-refractivity contribution in [1.82, 2.24) is 24.8 Å². The van der Waals surface area contributed by atoms with E-state index in [2.05, 4.69) is 36.4 Å². The summed E-state index contributed by atoms with van der Waals surface area (Å²) in [5.74, 6) is 0.857. The molecule has 0 aliphatic heterocycles. The lowest BCUT2D eigenvalue weighted by molar-refractivity contribution is -0.121. The topological polar surface area (TPSA) is 108 Å². The summed E-state index contributed by atoms with van der Waals surface area (Å²) >= 11 is 4.73. The summed E-state index contributed by atoms with van der Waals surface area (Å²) < 4.78 is 28.7. The van der Waals surface area contributed by atoms with Crippen molar-refractivity contribution < 1.29 is 13.2 Å². The second-order valence-electron chi connectivity index (χ2n) is 8.06. The van der Waals surface area contributed by atoms with Crippen LogP contribution in [0.15, 0.2) is 99.5 Å². The van der Waals surface area contributed by atoms with Gasteiger partial charge >= 0.3 is 0 Å². The Kier molecular flexibility index (Phi) is 9.51.